The lowest BCUT2D eigenvalue weighted by atomic mass is 10.0. The van der Waals surface area contributed by atoms with Crippen LogP contribution in [0.4, 0.5) is 10.1 Å². The van der Waals surface area contributed by atoms with Crippen LogP contribution in [-0.4, -0.2) is 34.9 Å². The fraction of sp³-hybridized carbons (Fsp3) is 0.462. The molecule has 0 spiro atoms. The third-order valence-electron chi connectivity index (χ3n) is 3.55. The van der Waals surface area contributed by atoms with Crippen LogP contribution in [0.5, 0.6) is 0 Å². The van der Waals surface area contributed by atoms with E-state index in [4.69, 9.17) is 5.73 Å². The smallest absolute Gasteiger partial charge is 0.272 e. The van der Waals surface area contributed by atoms with Gasteiger partial charge in [-0.1, -0.05) is 0 Å². The van der Waals surface area contributed by atoms with Gasteiger partial charge in [0.1, 0.15) is 5.82 Å². The van der Waals surface area contributed by atoms with Crippen molar-refractivity contribution in [1.82, 2.24) is 4.90 Å². The maximum absolute atomic E-state index is 13.9. The van der Waals surface area contributed by atoms with Crippen molar-refractivity contribution in [1.29, 1.82) is 0 Å². The number of nitro groups is 1. The van der Waals surface area contributed by atoms with Crippen molar-refractivity contribution in [2.24, 2.45) is 5.73 Å². The first-order valence-electron chi connectivity index (χ1n) is 6.49. The van der Waals surface area contributed by atoms with Crippen molar-refractivity contribution in [2.45, 2.75) is 25.3 Å². The Bertz CT molecular complexity index is 536. The highest BCUT2D eigenvalue weighted by atomic mass is 19.1. The SMILES string of the molecule is NCC1CCCCN1C(=O)c1ccc([N+](=O)[O-])cc1F. The first-order valence-corrected chi connectivity index (χ1v) is 6.49. The number of benzene rings is 1. The number of likely N-dealkylation sites (tertiary alicyclic amines) is 1. The van der Waals surface area contributed by atoms with E-state index in [1.807, 2.05) is 0 Å². The largest absolute Gasteiger partial charge is 0.334 e. The van der Waals surface area contributed by atoms with Gasteiger partial charge >= 0.3 is 0 Å². The van der Waals surface area contributed by atoms with Crippen LogP contribution < -0.4 is 5.73 Å². The van der Waals surface area contributed by atoms with Crippen molar-refractivity contribution < 1.29 is 14.1 Å². The molecular formula is C13H16FN3O3. The summed E-state index contributed by atoms with van der Waals surface area (Å²) in [5.74, 6) is -1.32. The van der Waals surface area contributed by atoms with Crippen LogP contribution >= 0.6 is 0 Å². The summed E-state index contributed by atoms with van der Waals surface area (Å²) in [6.07, 6.45) is 2.65. The highest BCUT2D eigenvalue weighted by molar-refractivity contribution is 5.95. The third-order valence-corrected chi connectivity index (χ3v) is 3.55. The molecule has 108 valence electrons. The van der Waals surface area contributed by atoms with Crippen LogP contribution in [0.1, 0.15) is 29.6 Å². The number of nitrogens with zero attached hydrogens (tertiary/aromatic N) is 2. The summed E-state index contributed by atoms with van der Waals surface area (Å²) in [6.45, 7) is 0.872. The van der Waals surface area contributed by atoms with Crippen molar-refractivity contribution in [3.63, 3.8) is 0 Å². The lowest BCUT2D eigenvalue weighted by Gasteiger charge is -2.35. The van der Waals surface area contributed by atoms with Crippen LogP contribution in [0.15, 0.2) is 18.2 Å². The number of carbonyl (C=O) groups excluding carboxylic acids is 1. The number of amides is 1. The first kappa shape index (κ1) is 14.4. The molecule has 1 aliphatic heterocycles. The Labute approximate surface area is 115 Å². The minimum absolute atomic E-state index is 0.0918. The number of rotatable bonds is 3. The molecule has 0 radical (unpaired) electrons. The molecule has 2 N–H and O–H groups in total. The van der Waals surface area contributed by atoms with Crippen LogP contribution in [0.2, 0.25) is 0 Å². The molecule has 2 rings (SSSR count). The molecule has 1 atom stereocenters. The molecule has 0 aromatic heterocycles. The number of halogens is 1. The van der Waals surface area contributed by atoms with Gasteiger partial charge in [0.2, 0.25) is 0 Å². The lowest BCUT2D eigenvalue weighted by Crippen LogP contribution is -2.47. The van der Waals surface area contributed by atoms with Gasteiger partial charge in [0.25, 0.3) is 11.6 Å². The topological polar surface area (TPSA) is 89.5 Å². The monoisotopic (exact) mass is 281 g/mol. The molecule has 1 aromatic carbocycles. The van der Waals surface area contributed by atoms with E-state index in [1.54, 1.807) is 4.90 Å². The van der Waals surface area contributed by atoms with E-state index in [9.17, 15) is 19.3 Å². The van der Waals surface area contributed by atoms with Gasteiger partial charge in [-0.2, -0.15) is 0 Å². The molecule has 0 saturated carbocycles. The fourth-order valence-corrected chi connectivity index (χ4v) is 2.46. The number of hydrogen-bond donors (Lipinski definition) is 1. The summed E-state index contributed by atoms with van der Waals surface area (Å²) >= 11 is 0. The summed E-state index contributed by atoms with van der Waals surface area (Å²) in [5, 5.41) is 10.6. The molecular weight excluding hydrogens is 265 g/mol. The second kappa shape index (κ2) is 5.96. The molecule has 1 heterocycles. The Balaban J connectivity index is 2.26. The minimum atomic E-state index is -0.870. The maximum Gasteiger partial charge on any atom is 0.272 e. The van der Waals surface area contributed by atoms with E-state index in [-0.39, 0.29) is 17.3 Å². The molecule has 7 heteroatoms. The summed E-state index contributed by atoms with van der Waals surface area (Å²) in [5.41, 5.74) is 5.12. The zero-order valence-corrected chi connectivity index (χ0v) is 10.9. The summed E-state index contributed by atoms with van der Waals surface area (Å²) in [7, 11) is 0. The van der Waals surface area contributed by atoms with Crippen LogP contribution in [0, 0.1) is 15.9 Å². The van der Waals surface area contributed by atoms with Crippen LogP contribution in [0.3, 0.4) is 0 Å². The van der Waals surface area contributed by atoms with Gasteiger partial charge in [-0.05, 0) is 25.3 Å². The Morgan fingerprint density at radius 3 is 2.85 bits per heavy atom. The molecule has 0 bridgehead atoms. The molecule has 20 heavy (non-hydrogen) atoms. The van der Waals surface area contributed by atoms with Crippen LogP contribution in [0.25, 0.3) is 0 Å². The Morgan fingerprint density at radius 1 is 1.50 bits per heavy atom. The van der Waals surface area contributed by atoms with E-state index in [1.165, 1.54) is 0 Å². The molecule has 0 aliphatic carbocycles. The summed E-state index contributed by atoms with van der Waals surface area (Å²) in [6, 6.07) is 2.98. The Kier molecular flexibility index (Phi) is 4.29. The molecule has 1 aliphatic rings. The number of carbonyl (C=O) groups is 1. The quantitative estimate of drug-likeness (QED) is 0.674. The van der Waals surface area contributed by atoms with Gasteiger partial charge in [-0.25, -0.2) is 4.39 Å². The van der Waals surface area contributed by atoms with Gasteiger partial charge < -0.3 is 10.6 Å². The number of piperidine rings is 1. The third kappa shape index (κ3) is 2.77. The molecule has 1 aromatic rings. The van der Waals surface area contributed by atoms with E-state index >= 15 is 0 Å². The second-order valence-electron chi connectivity index (χ2n) is 4.81. The van der Waals surface area contributed by atoms with E-state index in [2.05, 4.69) is 0 Å². The zero-order chi connectivity index (χ0) is 14.7. The number of hydrogen-bond acceptors (Lipinski definition) is 4. The Hall–Kier alpha value is -2.02. The predicted octanol–water partition coefficient (Wildman–Crippen LogP) is 1.69. The average Bonchev–Trinajstić information content (AvgIpc) is 2.46. The Morgan fingerprint density at radius 2 is 2.25 bits per heavy atom. The number of nitro benzene ring substituents is 1. The number of non-ortho nitro benzene ring substituents is 1. The van der Waals surface area contributed by atoms with Gasteiger partial charge in [0.15, 0.2) is 0 Å². The summed E-state index contributed by atoms with van der Waals surface area (Å²) in [4.78, 5) is 23.8. The van der Waals surface area contributed by atoms with Crippen molar-refractivity contribution in [2.75, 3.05) is 13.1 Å². The molecule has 1 fully saturated rings. The molecule has 1 unspecified atom stereocenters. The van der Waals surface area contributed by atoms with E-state index < -0.39 is 16.6 Å². The lowest BCUT2D eigenvalue weighted by molar-refractivity contribution is -0.385. The van der Waals surface area contributed by atoms with E-state index in [0.717, 1.165) is 37.5 Å². The predicted molar refractivity (Wildman–Crippen MR) is 70.8 cm³/mol. The summed E-state index contributed by atoms with van der Waals surface area (Å²) < 4.78 is 13.9. The van der Waals surface area contributed by atoms with Crippen molar-refractivity contribution in [3.05, 3.63) is 39.7 Å². The molecule has 1 amide bonds. The van der Waals surface area contributed by atoms with Gasteiger partial charge in [0, 0.05) is 25.2 Å². The van der Waals surface area contributed by atoms with Crippen LogP contribution in [-0.2, 0) is 0 Å². The van der Waals surface area contributed by atoms with Crippen molar-refractivity contribution in [3.8, 4) is 0 Å². The highest BCUT2D eigenvalue weighted by Crippen LogP contribution is 2.22. The molecule has 6 nitrogen and oxygen atoms in total. The highest BCUT2D eigenvalue weighted by Gasteiger charge is 2.28. The minimum Gasteiger partial charge on any atom is -0.334 e. The standard InChI is InChI=1S/C13H16FN3O3/c14-12-7-9(17(19)20)4-5-11(12)13(18)16-6-2-1-3-10(16)8-15/h4-5,7,10H,1-3,6,8,15H2. The normalized spacial score (nSPS) is 18.9. The van der Waals surface area contributed by atoms with Gasteiger partial charge in [-0.3, -0.25) is 14.9 Å². The average molecular weight is 281 g/mol. The van der Waals surface area contributed by atoms with Gasteiger partial charge in [0.05, 0.1) is 16.6 Å². The number of nitrogens with two attached hydrogens (primary N) is 1. The zero-order valence-electron chi connectivity index (χ0n) is 10.9. The fourth-order valence-electron chi connectivity index (χ4n) is 2.46. The first-order chi connectivity index (χ1) is 9.54. The maximum atomic E-state index is 13.9. The van der Waals surface area contributed by atoms with E-state index in [0.29, 0.717) is 13.1 Å². The van der Waals surface area contributed by atoms with Gasteiger partial charge in [-0.15, -0.1) is 0 Å². The molecule has 1 saturated heterocycles. The second-order valence-corrected chi connectivity index (χ2v) is 4.81. The van der Waals surface area contributed by atoms with Crippen molar-refractivity contribution >= 4 is 11.6 Å².